The number of hydrogen-bond donors (Lipinski definition) is 1. The second kappa shape index (κ2) is 7.65. The number of carbonyl (C=O) groups is 1. The first kappa shape index (κ1) is 12.0. The fourth-order valence-electron chi connectivity index (χ4n) is 1.03. The van der Waals surface area contributed by atoms with Gasteiger partial charge in [-0.1, -0.05) is 32.3 Å². The maximum absolute atomic E-state index is 10.8. The quantitative estimate of drug-likeness (QED) is 0.391. The average Bonchev–Trinajstić information content (AvgIpc) is 2.16. The summed E-state index contributed by atoms with van der Waals surface area (Å²) in [4.78, 5) is 10.8. The summed E-state index contributed by atoms with van der Waals surface area (Å²) in [5.74, 6) is -0.435. The molecule has 0 heterocycles. The second-order valence-corrected chi connectivity index (χ2v) is 3.00. The normalized spacial score (nSPS) is 11.4. The number of carbonyl (C=O) groups excluding carboxylic acids is 1. The van der Waals surface area contributed by atoms with Gasteiger partial charge in [-0.05, 0) is 12.8 Å². The summed E-state index contributed by atoms with van der Waals surface area (Å²) in [7, 11) is 1.33. The lowest BCUT2D eigenvalue weighted by Crippen LogP contribution is -2.12. The van der Waals surface area contributed by atoms with Gasteiger partial charge in [0.1, 0.15) is 5.70 Å². The third-order valence-corrected chi connectivity index (χ3v) is 1.84. The zero-order valence-corrected chi connectivity index (χ0v) is 8.51. The molecule has 3 nitrogen and oxygen atoms in total. The van der Waals surface area contributed by atoms with Gasteiger partial charge in [-0.25, -0.2) is 4.79 Å². The van der Waals surface area contributed by atoms with Crippen LogP contribution in [0.15, 0.2) is 11.8 Å². The molecule has 0 aliphatic heterocycles. The number of ether oxygens (including phenoxy) is 1. The van der Waals surface area contributed by atoms with E-state index in [1.807, 2.05) is 0 Å². The van der Waals surface area contributed by atoms with E-state index in [1.165, 1.54) is 26.4 Å². The highest BCUT2D eigenvalue weighted by molar-refractivity contribution is 5.87. The molecule has 13 heavy (non-hydrogen) atoms. The Hall–Kier alpha value is -0.990. The molecule has 2 N–H and O–H groups in total. The Morgan fingerprint density at radius 3 is 2.62 bits per heavy atom. The maximum Gasteiger partial charge on any atom is 0.353 e. The van der Waals surface area contributed by atoms with Crippen molar-refractivity contribution in [3.05, 3.63) is 11.8 Å². The fourth-order valence-corrected chi connectivity index (χ4v) is 1.03. The molecule has 3 heteroatoms. The number of nitrogens with two attached hydrogens (primary N) is 1. The zero-order valence-electron chi connectivity index (χ0n) is 8.51. The van der Waals surface area contributed by atoms with E-state index in [0.717, 1.165) is 12.8 Å². The van der Waals surface area contributed by atoms with Gasteiger partial charge in [-0.2, -0.15) is 0 Å². The van der Waals surface area contributed by atoms with E-state index < -0.39 is 5.97 Å². The van der Waals surface area contributed by atoms with Crippen LogP contribution in [-0.2, 0) is 9.53 Å². The lowest BCUT2D eigenvalue weighted by molar-refractivity contribution is -0.136. The van der Waals surface area contributed by atoms with Crippen molar-refractivity contribution < 1.29 is 9.53 Å². The van der Waals surface area contributed by atoms with Crippen LogP contribution >= 0.6 is 0 Å². The van der Waals surface area contributed by atoms with Crippen LogP contribution in [0.2, 0.25) is 0 Å². The van der Waals surface area contributed by atoms with E-state index in [1.54, 1.807) is 6.08 Å². The van der Waals surface area contributed by atoms with Crippen LogP contribution in [0, 0.1) is 0 Å². The van der Waals surface area contributed by atoms with Crippen molar-refractivity contribution in [2.45, 2.75) is 39.0 Å². The van der Waals surface area contributed by atoms with E-state index in [4.69, 9.17) is 5.73 Å². The molecule has 0 unspecified atom stereocenters. The lowest BCUT2D eigenvalue weighted by atomic mass is 10.1. The van der Waals surface area contributed by atoms with Crippen LogP contribution in [0.3, 0.4) is 0 Å². The highest BCUT2D eigenvalue weighted by atomic mass is 16.5. The Morgan fingerprint density at radius 1 is 1.38 bits per heavy atom. The van der Waals surface area contributed by atoms with Crippen LogP contribution in [0.4, 0.5) is 0 Å². The Kier molecular flexibility index (Phi) is 7.07. The van der Waals surface area contributed by atoms with Crippen molar-refractivity contribution in [1.29, 1.82) is 0 Å². The largest absolute Gasteiger partial charge is 0.464 e. The first-order valence-electron chi connectivity index (χ1n) is 4.76. The molecule has 0 spiro atoms. The molecule has 0 rings (SSSR count). The second-order valence-electron chi connectivity index (χ2n) is 3.00. The number of unbranched alkanes of at least 4 members (excludes halogenated alkanes) is 4. The summed E-state index contributed by atoms with van der Waals surface area (Å²) in [6, 6.07) is 0. The smallest absolute Gasteiger partial charge is 0.353 e. The van der Waals surface area contributed by atoms with Crippen molar-refractivity contribution in [2.24, 2.45) is 5.73 Å². The highest BCUT2D eigenvalue weighted by Crippen LogP contribution is 2.04. The van der Waals surface area contributed by atoms with Gasteiger partial charge >= 0.3 is 5.97 Å². The molecule has 0 aromatic rings. The van der Waals surface area contributed by atoms with Crippen molar-refractivity contribution >= 4 is 5.97 Å². The van der Waals surface area contributed by atoms with Crippen molar-refractivity contribution in [3.63, 3.8) is 0 Å². The standard InChI is InChI=1S/C10H19NO2/c1-3-4-5-6-7-8-9(11)10(12)13-2/h8H,3-7,11H2,1-2H3. The molecule has 0 amide bonds. The maximum atomic E-state index is 10.8. The third kappa shape index (κ3) is 6.20. The van der Waals surface area contributed by atoms with Crippen LogP contribution in [0.5, 0.6) is 0 Å². The molecule has 0 fully saturated rings. The molecule has 0 aromatic heterocycles. The molecule has 0 aliphatic carbocycles. The molecule has 0 bridgehead atoms. The summed E-state index contributed by atoms with van der Waals surface area (Å²) in [6.07, 6.45) is 7.34. The number of hydrogen-bond acceptors (Lipinski definition) is 3. The van der Waals surface area contributed by atoms with Crippen LogP contribution in [0.25, 0.3) is 0 Å². The molecule has 0 saturated carbocycles. The molecule has 0 saturated heterocycles. The van der Waals surface area contributed by atoms with E-state index in [0.29, 0.717) is 0 Å². The Balaban J connectivity index is 3.53. The minimum atomic E-state index is -0.435. The first-order chi connectivity index (χ1) is 6.22. The zero-order chi connectivity index (χ0) is 10.1. The van der Waals surface area contributed by atoms with Gasteiger partial charge in [-0.3, -0.25) is 0 Å². The van der Waals surface area contributed by atoms with Gasteiger partial charge in [-0.15, -0.1) is 0 Å². The predicted molar refractivity (Wildman–Crippen MR) is 53.0 cm³/mol. The Bertz CT molecular complexity index is 176. The van der Waals surface area contributed by atoms with Crippen LogP contribution < -0.4 is 5.73 Å². The Labute approximate surface area is 79.9 Å². The molecule has 0 aliphatic rings. The monoisotopic (exact) mass is 185 g/mol. The molecular weight excluding hydrogens is 166 g/mol. The van der Waals surface area contributed by atoms with Gasteiger partial charge in [0, 0.05) is 0 Å². The van der Waals surface area contributed by atoms with E-state index >= 15 is 0 Å². The van der Waals surface area contributed by atoms with Gasteiger partial charge in [0.15, 0.2) is 0 Å². The van der Waals surface area contributed by atoms with E-state index in [2.05, 4.69) is 11.7 Å². The molecule has 76 valence electrons. The molecule has 0 atom stereocenters. The summed E-state index contributed by atoms with van der Waals surface area (Å²) >= 11 is 0. The summed E-state index contributed by atoms with van der Waals surface area (Å²) < 4.78 is 4.46. The predicted octanol–water partition coefficient (Wildman–Crippen LogP) is 1.97. The topological polar surface area (TPSA) is 52.3 Å². The fraction of sp³-hybridized carbons (Fsp3) is 0.700. The van der Waals surface area contributed by atoms with Gasteiger partial charge in [0.2, 0.25) is 0 Å². The van der Waals surface area contributed by atoms with Crippen molar-refractivity contribution in [2.75, 3.05) is 7.11 Å². The summed E-state index contributed by atoms with van der Waals surface area (Å²) in [6.45, 7) is 2.17. The SMILES string of the molecule is CCCCCCC=C(N)C(=O)OC. The minimum Gasteiger partial charge on any atom is -0.464 e. The highest BCUT2D eigenvalue weighted by Gasteiger charge is 2.01. The van der Waals surface area contributed by atoms with Crippen LogP contribution in [0.1, 0.15) is 39.0 Å². The minimum absolute atomic E-state index is 0.221. The number of allylic oxidation sites excluding steroid dienone is 1. The summed E-state index contributed by atoms with van der Waals surface area (Å²) in [5.41, 5.74) is 5.65. The number of esters is 1. The molecule has 0 radical (unpaired) electrons. The summed E-state index contributed by atoms with van der Waals surface area (Å²) in [5, 5.41) is 0. The van der Waals surface area contributed by atoms with Gasteiger partial charge in [0.25, 0.3) is 0 Å². The van der Waals surface area contributed by atoms with Gasteiger partial charge in [0.05, 0.1) is 7.11 Å². The molecular formula is C10H19NO2. The number of methoxy groups -OCH3 is 1. The van der Waals surface area contributed by atoms with E-state index in [-0.39, 0.29) is 5.70 Å². The van der Waals surface area contributed by atoms with Crippen LogP contribution in [-0.4, -0.2) is 13.1 Å². The van der Waals surface area contributed by atoms with Gasteiger partial charge < -0.3 is 10.5 Å². The first-order valence-corrected chi connectivity index (χ1v) is 4.76. The third-order valence-electron chi connectivity index (χ3n) is 1.84. The van der Waals surface area contributed by atoms with E-state index in [9.17, 15) is 4.79 Å². The average molecular weight is 185 g/mol. The number of rotatable bonds is 6. The lowest BCUT2D eigenvalue weighted by Gasteiger charge is -1.98. The van der Waals surface area contributed by atoms with Crippen molar-refractivity contribution in [1.82, 2.24) is 0 Å². The molecule has 0 aromatic carbocycles. The van der Waals surface area contributed by atoms with Crippen molar-refractivity contribution in [3.8, 4) is 0 Å². The Morgan fingerprint density at radius 2 is 2.08 bits per heavy atom.